The van der Waals surface area contributed by atoms with Gasteiger partial charge in [-0.15, -0.1) is 0 Å². The zero-order valence-corrected chi connectivity index (χ0v) is 29.8. The van der Waals surface area contributed by atoms with Gasteiger partial charge in [0, 0.05) is 18.8 Å². The number of benzene rings is 1. The molecule has 1 heterocycles. The van der Waals surface area contributed by atoms with Gasteiger partial charge in [-0.05, 0) is 67.1 Å². The van der Waals surface area contributed by atoms with Crippen LogP contribution in [0.2, 0.25) is 18.1 Å². The van der Waals surface area contributed by atoms with Crippen LogP contribution in [-0.2, 0) is 28.2 Å². The Morgan fingerprint density at radius 1 is 1.02 bits per heavy atom. The lowest BCUT2D eigenvalue weighted by atomic mass is 9.42. The second kappa shape index (κ2) is 11.9. The number of aliphatic hydroxyl groups is 2. The highest BCUT2D eigenvalue weighted by molar-refractivity contribution is 6.73. The van der Waals surface area contributed by atoms with Crippen molar-refractivity contribution in [2.45, 2.75) is 129 Å². The fourth-order valence-corrected chi connectivity index (χ4v) is 12.4. The Morgan fingerprint density at radius 2 is 1.63 bits per heavy atom. The molecule has 0 aromatic heterocycles. The Bertz CT molecular complexity index is 1390. The summed E-state index contributed by atoms with van der Waals surface area (Å²) in [5.74, 6) is -2.56. The van der Waals surface area contributed by atoms with Gasteiger partial charge in [0.25, 0.3) is 0 Å². The molecule has 0 radical (unpaired) electrons. The van der Waals surface area contributed by atoms with Crippen LogP contribution in [0.25, 0.3) is 0 Å². The first-order valence-corrected chi connectivity index (χ1v) is 19.4. The van der Waals surface area contributed by atoms with Crippen LogP contribution in [0.4, 0.5) is 0 Å². The molecular formula is C36H52O9Si. The van der Waals surface area contributed by atoms with Crippen LogP contribution in [0.5, 0.6) is 0 Å². The summed E-state index contributed by atoms with van der Waals surface area (Å²) in [6.07, 6.45) is -4.43. The van der Waals surface area contributed by atoms with Crippen molar-refractivity contribution in [3.05, 3.63) is 47.0 Å². The summed E-state index contributed by atoms with van der Waals surface area (Å²) >= 11 is 0. The number of carbonyl (C=O) groups is 3. The molecule has 254 valence electrons. The Morgan fingerprint density at radius 3 is 2.15 bits per heavy atom. The summed E-state index contributed by atoms with van der Waals surface area (Å²) in [4.78, 5) is 42.2. The van der Waals surface area contributed by atoms with Crippen LogP contribution >= 0.6 is 0 Å². The normalized spacial score (nSPS) is 38.5. The number of Topliss-reactive ketones (excluding diaryl/α,β-unsaturated/α-hetero) is 1. The summed E-state index contributed by atoms with van der Waals surface area (Å²) in [6, 6.07) is 11.2. The molecule has 10 heteroatoms. The second-order valence-electron chi connectivity index (χ2n) is 15.0. The van der Waals surface area contributed by atoms with Crippen LogP contribution < -0.4 is 0 Å². The quantitative estimate of drug-likeness (QED) is 0.215. The van der Waals surface area contributed by atoms with Gasteiger partial charge >= 0.3 is 11.9 Å². The first-order chi connectivity index (χ1) is 21.5. The summed E-state index contributed by atoms with van der Waals surface area (Å²) in [7, 11) is -2.36. The van der Waals surface area contributed by atoms with E-state index < -0.39 is 84.3 Å². The van der Waals surface area contributed by atoms with Crippen LogP contribution in [0, 0.1) is 22.2 Å². The van der Waals surface area contributed by atoms with Gasteiger partial charge in [0.05, 0.1) is 35.7 Å². The summed E-state index contributed by atoms with van der Waals surface area (Å²) < 4.78 is 26.3. The van der Waals surface area contributed by atoms with Gasteiger partial charge in [0.2, 0.25) is 0 Å². The summed E-state index contributed by atoms with van der Waals surface area (Å²) in [5, 5.41) is 23.7. The third kappa shape index (κ3) is 4.88. The number of carbonyl (C=O) groups excluding carboxylic acids is 3. The smallest absolute Gasteiger partial charge is 0.338 e. The molecule has 1 aliphatic heterocycles. The number of aliphatic hydroxyl groups excluding tert-OH is 2. The van der Waals surface area contributed by atoms with Gasteiger partial charge in [0.1, 0.15) is 18.3 Å². The molecule has 9 nitrogen and oxygen atoms in total. The molecule has 2 bridgehead atoms. The molecule has 0 amide bonds. The Balaban J connectivity index is 1.84. The number of ether oxygens (including phenoxy) is 3. The Kier molecular flexibility index (Phi) is 9.08. The van der Waals surface area contributed by atoms with Crippen molar-refractivity contribution in [3.8, 4) is 0 Å². The van der Waals surface area contributed by atoms with Crippen molar-refractivity contribution in [2.24, 2.45) is 22.2 Å². The first kappa shape index (κ1) is 34.9. The van der Waals surface area contributed by atoms with Crippen molar-refractivity contribution < 1.29 is 43.2 Å². The average molecular weight is 657 g/mol. The van der Waals surface area contributed by atoms with Gasteiger partial charge < -0.3 is 28.8 Å². The van der Waals surface area contributed by atoms with E-state index in [-0.39, 0.29) is 19.4 Å². The van der Waals surface area contributed by atoms with Crippen molar-refractivity contribution in [1.82, 2.24) is 0 Å². The zero-order chi connectivity index (χ0) is 34.0. The van der Waals surface area contributed by atoms with Crippen molar-refractivity contribution in [2.75, 3.05) is 6.61 Å². The minimum atomic E-state index is -2.36. The minimum Gasteiger partial charge on any atom is -0.458 e. The van der Waals surface area contributed by atoms with Crippen LogP contribution in [0.15, 0.2) is 41.5 Å². The van der Waals surface area contributed by atoms with Crippen molar-refractivity contribution in [1.29, 1.82) is 0 Å². The zero-order valence-electron chi connectivity index (χ0n) is 28.8. The molecule has 1 aromatic rings. The number of hydrogen-bond donors (Lipinski definition) is 2. The van der Waals surface area contributed by atoms with Gasteiger partial charge in [-0.2, -0.15) is 0 Å². The van der Waals surface area contributed by atoms with E-state index in [9.17, 15) is 19.8 Å². The highest BCUT2D eigenvalue weighted by Gasteiger charge is 2.77. The first-order valence-electron chi connectivity index (χ1n) is 16.9. The standard InChI is InChI=1S/C36H52O9Si/c1-10-46(11-2,12-3)45-25-18-26-36(20-42-26,44-22(5)37)29-31(43-32(41)23-16-14-13-15-17-23)34(8)19-24(38)21(4)27(33(34,6)7)28(39)30(40)35(25,29)9/h13-17,24-26,28-29,31,38-39H,10-12,18-20H2,1-9H3/t24-,25-,26?,28-,29?,31?,34-,35+,36-/m0/s1. The topological polar surface area (TPSA) is 129 Å². The predicted molar refractivity (Wildman–Crippen MR) is 174 cm³/mol. The molecule has 0 spiro atoms. The molecule has 5 rings (SSSR count). The number of rotatable bonds is 8. The molecule has 2 saturated carbocycles. The second-order valence-corrected chi connectivity index (χ2v) is 19.7. The highest BCUT2D eigenvalue weighted by atomic mass is 28.4. The van der Waals surface area contributed by atoms with E-state index in [1.165, 1.54) is 6.92 Å². The predicted octanol–water partition coefficient (Wildman–Crippen LogP) is 5.39. The maximum Gasteiger partial charge on any atom is 0.338 e. The monoisotopic (exact) mass is 656 g/mol. The van der Waals surface area contributed by atoms with E-state index in [0.29, 0.717) is 16.7 Å². The van der Waals surface area contributed by atoms with Crippen LogP contribution in [0.3, 0.4) is 0 Å². The van der Waals surface area contributed by atoms with Crippen LogP contribution in [0.1, 0.15) is 85.5 Å². The molecular weight excluding hydrogens is 604 g/mol. The lowest BCUT2D eigenvalue weighted by molar-refractivity contribution is -0.339. The van der Waals surface area contributed by atoms with E-state index in [2.05, 4.69) is 20.8 Å². The summed E-state index contributed by atoms with van der Waals surface area (Å²) in [5.41, 5.74) is -3.41. The molecule has 3 unspecified atom stereocenters. The minimum absolute atomic E-state index is 0.00563. The maximum absolute atomic E-state index is 15.2. The third-order valence-electron chi connectivity index (χ3n) is 12.9. The van der Waals surface area contributed by atoms with E-state index in [0.717, 1.165) is 18.1 Å². The van der Waals surface area contributed by atoms with E-state index >= 15 is 4.79 Å². The van der Waals surface area contributed by atoms with E-state index in [4.69, 9.17) is 18.6 Å². The molecule has 1 saturated heterocycles. The Hall–Kier alpha value is -2.37. The average Bonchev–Trinajstić information content (AvgIpc) is 3.01. The lowest BCUT2D eigenvalue weighted by Gasteiger charge is -2.69. The molecule has 46 heavy (non-hydrogen) atoms. The maximum atomic E-state index is 15.2. The van der Waals surface area contributed by atoms with Gasteiger partial charge in [-0.25, -0.2) is 4.79 Å². The fraction of sp³-hybridized carbons (Fsp3) is 0.694. The van der Waals surface area contributed by atoms with Gasteiger partial charge in [0.15, 0.2) is 19.7 Å². The fourth-order valence-electron chi connectivity index (χ4n) is 9.42. The van der Waals surface area contributed by atoms with Crippen molar-refractivity contribution >= 4 is 26.0 Å². The van der Waals surface area contributed by atoms with Gasteiger partial charge in [-0.1, -0.05) is 59.7 Å². The number of esters is 2. The molecule has 3 aliphatic carbocycles. The molecule has 2 N–H and O–H groups in total. The largest absolute Gasteiger partial charge is 0.458 e. The van der Waals surface area contributed by atoms with Crippen LogP contribution in [-0.4, -0.2) is 79.0 Å². The molecule has 3 fully saturated rings. The lowest BCUT2D eigenvalue weighted by Crippen LogP contribution is -2.81. The van der Waals surface area contributed by atoms with E-state index in [1.807, 2.05) is 26.8 Å². The number of fused-ring (bicyclic) bond motifs is 5. The number of ketones is 1. The SMILES string of the molecule is CC[Si](CC)(CC)O[C@H]1CC2OC[C@@]2(OC(C)=O)C2C(OC(=O)c3ccccc3)[C@]3(C)C[C@H](O)C(C)=C([C@H](O)C(=O)[C@@]21C)C3(C)C. The molecule has 9 atom stereocenters. The molecule has 4 aliphatic rings. The number of hydrogen-bond acceptors (Lipinski definition) is 9. The Labute approximate surface area is 274 Å². The highest BCUT2D eigenvalue weighted by Crippen LogP contribution is 2.67. The third-order valence-corrected chi connectivity index (χ3v) is 17.5. The molecule has 1 aromatic carbocycles. The van der Waals surface area contributed by atoms with Gasteiger partial charge in [-0.3, -0.25) is 9.59 Å². The van der Waals surface area contributed by atoms with E-state index in [1.54, 1.807) is 38.1 Å². The van der Waals surface area contributed by atoms with Crippen molar-refractivity contribution in [3.63, 3.8) is 0 Å². The summed E-state index contributed by atoms with van der Waals surface area (Å²) in [6.45, 7) is 17.1.